The average Bonchev–Trinajstić information content (AvgIpc) is 2.18. The Morgan fingerprint density at radius 1 is 1.54 bits per heavy atom. The van der Waals surface area contributed by atoms with Crippen molar-refractivity contribution in [2.75, 3.05) is 6.61 Å². The fourth-order valence-corrected chi connectivity index (χ4v) is 1.92. The van der Waals surface area contributed by atoms with Crippen LogP contribution < -0.4 is 5.32 Å². The highest BCUT2D eigenvalue weighted by Gasteiger charge is 2.17. The van der Waals surface area contributed by atoms with Crippen molar-refractivity contribution in [1.29, 1.82) is 0 Å². The van der Waals surface area contributed by atoms with Gasteiger partial charge in [0.15, 0.2) is 0 Å². The molecule has 1 aliphatic rings. The van der Waals surface area contributed by atoms with E-state index in [1.165, 1.54) is 16.7 Å². The number of aliphatic hydroxyl groups is 1. The monoisotopic (exact) mass is 177 g/mol. The third kappa shape index (κ3) is 1.60. The van der Waals surface area contributed by atoms with Crippen molar-refractivity contribution >= 4 is 0 Å². The van der Waals surface area contributed by atoms with Gasteiger partial charge in [0.1, 0.15) is 0 Å². The highest BCUT2D eigenvalue weighted by atomic mass is 16.3. The molecule has 0 saturated carbocycles. The SMILES string of the molecule is Cc1cccc2c1CNC(CO)C2. The maximum atomic E-state index is 9.02. The van der Waals surface area contributed by atoms with Crippen molar-refractivity contribution in [3.8, 4) is 0 Å². The summed E-state index contributed by atoms with van der Waals surface area (Å²) in [7, 11) is 0. The first kappa shape index (κ1) is 8.73. The van der Waals surface area contributed by atoms with E-state index in [1.807, 2.05) is 0 Å². The molecule has 2 rings (SSSR count). The zero-order chi connectivity index (χ0) is 9.26. The van der Waals surface area contributed by atoms with E-state index in [0.29, 0.717) is 0 Å². The lowest BCUT2D eigenvalue weighted by Crippen LogP contribution is -2.38. The highest BCUT2D eigenvalue weighted by Crippen LogP contribution is 2.19. The van der Waals surface area contributed by atoms with E-state index in [2.05, 4.69) is 30.4 Å². The molecule has 70 valence electrons. The van der Waals surface area contributed by atoms with E-state index < -0.39 is 0 Å². The summed E-state index contributed by atoms with van der Waals surface area (Å²) >= 11 is 0. The molecule has 1 aliphatic heterocycles. The lowest BCUT2D eigenvalue weighted by atomic mass is 9.93. The molecule has 0 saturated heterocycles. The second-order valence-electron chi connectivity index (χ2n) is 3.68. The van der Waals surface area contributed by atoms with Gasteiger partial charge in [-0.3, -0.25) is 0 Å². The summed E-state index contributed by atoms with van der Waals surface area (Å²) in [5.74, 6) is 0. The van der Waals surface area contributed by atoms with Crippen molar-refractivity contribution in [2.45, 2.75) is 25.9 Å². The molecule has 2 N–H and O–H groups in total. The van der Waals surface area contributed by atoms with Crippen LogP contribution in [0, 0.1) is 6.92 Å². The van der Waals surface area contributed by atoms with Crippen LogP contribution in [0.25, 0.3) is 0 Å². The molecule has 1 unspecified atom stereocenters. The van der Waals surface area contributed by atoms with E-state index in [4.69, 9.17) is 5.11 Å². The first-order valence-electron chi connectivity index (χ1n) is 4.73. The number of rotatable bonds is 1. The van der Waals surface area contributed by atoms with Crippen LogP contribution in [0.3, 0.4) is 0 Å². The predicted octanol–water partition coefficient (Wildman–Crippen LogP) is 1.00. The Kier molecular flexibility index (Phi) is 2.34. The molecule has 13 heavy (non-hydrogen) atoms. The summed E-state index contributed by atoms with van der Waals surface area (Å²) in [6, 6.07) is 6.63. The predicted molar refractivity (Wildman–Crippen MR) is 52.6 cm³/mol. The molecule has 2 heteroatoms. The van der Waals surface area contributed by atoms with Gasteiger partial charge < -0.3 is 10.4 Å². The number of benzene rings is 1. The molecule has 0 amide bonds. The lowest BCUT2D eigenvalue weighted by molar-refractivity contribution is 0.235. The summed E-state index contributed by atoms with van der Waals surface area (Å²) < 4.78 is 0. The van der Waals surface area contributed by atoms with E-state index >= 15 is 0 Å². The number of hydrogen-bond donors (Lipinski definition) is 2. The summed E-state index contributed by atoms with van der Waals surface area (Å²) in [4.78, 5) is 0. The summed E-state index contributed by atoms with van der Waals surface area (Å²) in [5.41, 5.74) is 4.14. The van der Waals surface area contributed by atoms with E-state index in [-0.39, 0.29) is 12.6 Å². The number of hydrogen-bond acceptors (Lipinski definition) is 2. The first-order valence-corrected chi connectivity index (χ1v) is 4.73. The van der Waals surface area contributed by atoms with Gasteiger partial charge in [-0.1, -0.05) is 18.2 Å². The Balaban J connectivity index is 2.31. The Hall–Kier alpha value is -0.860. The highest BCUT2D eigenvalue weighted by molar-refractivity contribution is 5.36. The largest absolute Gasteiger partial charge is 0.395 e. The summed E-state index contributed by atoms with van der Waals surface area (Å²) in [5, 5.41) is 12.3. The second kappa shape index (κ2) is 3.48. The van der Waals surface area contributed by atoms with Crippen LogP contribution in [0.2, 0.25) is 0 Å². The molecule has 1 heterocycles. The van der Waals surface area contributed by atoms with Gasteiger partial charge in [0, 0.05) is 12.6 Å². The van der Waals surface area contributed by atoms with Crippen molar-refractivity contribution < 1.29 is 5.11 Å². The Labute approximate surface area is 78.6 Å². The van der Waals surface area contributed by atoms with E-state index in [9.17, 15) is 0 Å². The van der Waals surface area contributed by atoms with Gasteiger partial charge in [-0.25, -0.2) is 0 Å². The van der Waals surface area contributed by atoms with Crippen LogP contribution in [0.15, 0.2) is 18.2 Å². The second-order valence-corrected chi connectivity index (χ2v) is 3.68. The van der Waals surface area contributed by atoms with Crippen LogP contribution in [0.1, 0.15) is 16.7 Å². The zero-order valence-electron chi connectivity index (χ0n) is 7.88. The van der Waals surface area contributed by atoms with Crippen LogP contribution in [-0.4, -0.2) is 17.8 Å². The van der Waals surface area contributed by atoms with Crippen molar-refractivity contribution in [1.82, 2.24) is 5.32 Å². The normalized spacial score (nSPS) is 21.2. The van der Waals surface area contributed by atoms with Crippen LogP contribution in [0.4, 0.5) is 0 Å². The molecule has 2 nitrogen and oxygen atoms in total. The topological polar surface area (TPSA) is 32.3 Å². The minimum Gasteiger partial charge on any atom is -0.395 e. The first-order chi connectivity index (χ1) is 6.31. The van der Waals surface area contributed by atoms with Gasteiger partial charge in [-0.2, -0.15) is 0 Å². The van der Waals surface area contributed by atoms with Gasteiger partial charge in [0.05, 0.1) is 6.61 Å². The number of aliphatic hydroxyl groups excluding tert-OH is 1. The van der Waals surface area contributed by atoms with Gasteiger partial charge in [0.25, 0.3) is 0 Å². The van der Waals surface area contributed by atoms with Crippen LogP contribution in [-0.2, 0) is 13.0 Å². The molecule has 0 spiro atoms. The van der Waals surface area contributed by atoms with Crippen molar-refractivity contribution in [2.24, 2.45) is 0 Å². The van der Waals surface area contributed by atoms with Gasteiger partial charge in [0.2, 0.25) is 0 Å². The third-order valence-electron chi connectivity index (χ3n) is 2.76. The quantitative estimate of drug-likeness (QED) is 0.670. The maximum Gasteiger partial charge on any atom is 0.0587 e. The fourth-order valence-electron chi connectivity index (χ4n) is 1.92. The molecule has 0 bridgehead atoms. The van der Waals surface area contributed by atoms with Crippen LogP contribution >= 0.6 is 0 Å². The molecule has 1 atom stereocenters. The fraction of sp³-hybridized carbons (Fsp3) is 0.455. The Bertz CT molecular complexity index is 309. The van der Waals surface area contributed by atoms with Crippen LogP contribution in [0.5, 0.6) is 0 Å². The molecule has 0 aliphatic carbocycles. The van der Waals surface area contributed by atoms with Gasteiger partial charge in [-0.15, -0.1) is 0 Å². The number of fused-ring (bicyclic) bond motifs is 1. The lowest BCUT2D eigenvalue weighted by Gasteiger charge is -2.25. The van der Waals surface area contributed by atoms with Gasteiger partial charge >= 0.3 is 0 Å². The maximum absolute atomic E-state index is 9.02. The summed E-state index contributed by atoms with van der Waals surface area (Å²) in [6.07, 6.45) is 0.952. The Morgan fingerprint density at radius 2 is 2.38 bits per heavy atom. The smallest absolute Gasteiger partial charge is 0.0587 e. The van der Waals surface area contributed by atoms with E-state index in [1.54, 1.807) is 0 Å². The molecule has 1 aromatic rings. The minimum atomic E-state index is 0.230. The molecule has 0 aromatic heterocycles. The zero-order valence-corrected chi connectivity index (χ0v) is 7.88. The molecule has 1 aromatic carbocycles. The molecule has 0 radical (unpaired) electrons. The van der Waals surface area contributed by atoms with E-state index in [0.717, 1.165) is 13.0 Å². The van der Waals surface area contributed by atoms with Crippen molar-refractivity contribution in [3.05, 3.63) is 34.9 Å². The minimum absolute atomic E-state index is 0.230. The van der Waals surface area contributed by atoms with Gasteiger partial charge in [-0.05, 0) is 30.0 Å². The molecule has 0 fully saturated rings. The number of aryl methyl sites for hydroxylation is 1. The summed E-state index contributed by atoms with van der Waals surface area (Å²) in [6.45, 7) is 3.26. The third-order valence-corrected chi connectivity index (χ3v) is 2.76. The number of nitrogens with one attached hydrogen (secondary N) is 1. The molecular formula is C11H15NO. The Morgan fingerprint density at radius 3 is 3.15 bits per heavy atom. The molecular weight excluding hydrogens is 162 g/mol. The standard InChI is InChI=1S/C11H15NO/c1-8-3-2-4-9-5-10(7-13)12-6-11(8)9/h2-4,10,12-13H,5-7H2,1H3. The van der Waals surface area contributed by atoms with Crippen molar-refractivity contribution in [3.63, 3.8) is 0 Å². The average molecular weight is 177 g/mol.